The zero-order chi connectivity index (χ0) is 12.7. The van der Waals surface area contributed by atoms with Crippen LogP contribution in [0.25, 0.3) is 0 Å². The van der Waals surface area contributed by atoms with Gasteiger partial charge in [0, 0.05) is 5.57 Å². The largest absolute Gasteiger partial charge is 0.478 e. The highest BCUT2D eigenvalue weighted by atomic mass is 16.5. The Bertz CT molecular complexity index is 307. The van der Waals surface area contributed by atoms with Crippen molar-refractivity contribution in [1.82, 2.24) is 0 Å². The lowest BCUT2D eigenvalue weighted by Gasteiger charge is -2.09. The third-order valence-electron chi connectivity index (χ3n) is 2.93. The predicted octanol–water partition coefficient (Wildman–Crippen LogP) is 2.53. The van der Waals surface area contributed by atoms with Crippen LogP contribution in [0.4, 0.5) is 0 Å². The molecule has 1 aliphatic rings. The summed E-state index contributed by atoms with van der Waals surface area (Å²) in [6.07, 6.45) is 6.36. The molecule has 1 atom stereocenters. The highest BCUT2D eigenvalue weighted by molar-refractivity contribution is 5.88. The van der Waals surface area contributed by atoms with E-state index < -0.39 is 5.97 Å². The van der Waals surface area contributed by atoms with Crippen LogP contribution >= 0.6 is 0 Å². The molecule has 1 saturated heterocycles. The maximum atomic E-state index is 11.6. The van der Waals surface area contributed by atoms with Crippen molar-refractivity contribution in [2.75, 3.05) is 6.61 Å². The van der Waals surface area contributed by atoms with Gasteiger partial charge in [-0.05, 0) is 32.1 Å². The molecule has 0 amide bonds. The molecule has 0 aliphatic carbocycles. The monoisotopic (exact) mass is 240 g/mol. The van der Waals surface area contributed by atoms with E-state index in [-0.39, 0.29) is 11.9 Å². The van der Waals surface area contributed by atoms with Gasteiger partial charge >= 0.3 is 11.9 Å². The molecule has 1 N–H and O–H groups in total. The molecule has 0 aromatic carbocycles. The first-order chi connectivity index (χ1) is 8.15. The van der Waals surface area contributed by atoms with E-state index >= 15 is 0 Å². The first kappa shape index (κ1) is 13.7. The molecule has 1 unspecified atom stereocenters. The van der Waals surface area contributed by atoms with E-state index in [1.807, 2.05) is 6.92 Å². The Balaban J connectivity index is 2.72. The lowest BCUT2D eigenvalue weighted by atomic mass is 9.97. The fraction of sp³-hybridized carbons (Fsp3) is 0.692. The van der Waals surface area contributed by atoms with Crippen LogP contribution in [0.15, 0.2) is 11.6 Å². The number of carboxylic acids is 1. The molecule has 0 bridgehead atoms. The van der Waals surface area contributed by atoms with Crippen molar-refractivity contribution in [1.29, 1.82) is 0 Å². The first-order valence-electron chi connectivity index (χ1n) is 6.25. The van der Waals surface area contributed by atoms with Crippen LogP contribution in [0.1, 0.15) is 45.4 Å². The number of unbranched alkanes of at least 4 members (excludes halogenated alkanes) is 1. The normalized spacial score (nSPS) is 21.8. The topological polar surface area (TPSA) is 63.6 Å². The molecular formula is C13H20O4. The maximum Gasteiger partial charge on any atom is 0.331 e. The summed E-state index contributed by atoms with van der Waals surface area (Å²) in [5.74, 6) is -1.58. The van der Waals surface area contributed by atoms with Gasteiger partial charge in [-0.25, -0.2) is 4.79 Å². The van der Waals surface area contributed by atoms with Gasteiger partial charge in [-0.3, -0.25) is 4.79 Å². The molecule has 1 heterocycles. The smallest absolute Gasteiger partial charge is 0.331 e. The van der Waals surface area contributed by atoms with Gasteiger partial charge in [0.05, 0.1) is 12.5 Å². The molecule has 0 aromatic heterocycles. The van der Waals surface area contributed by atoms with Crippen molar-refractivity contribution in [3.05, 3.63) is 11.6 Å². The minimum absolute atomic E-state index is 0.280. The lowest BCUT2D eigenvalue weighted by Crippen LogP contribution is -2.15. The van der Waals surface area contributed by atoms with E-state index in [1.165, 1.54) is 0 Å². The minimum Gasteiger partial charge on any atom is -0.478 e. The summed E-state index contributed by atoms with van der Waals surface area (Å²) in [5.41, 5.74) is 0.343. The van der Waals surface area contributed by atoms with E-state index in [1.54, 1.807) is 6.08 Å². The van der Waals surface area contributed by atoms with Crippen LogP contribution in [0.3, 0.4) is 0 Å². The zero-order valence-electron chi connectivity index (χ0n) is 10.3. The number of ether oxygens (including phenoxy) is 1. The van der Waals surface area contributed by atoms with Crippen LogP contribution in [-0.2, 0) is 14.3 Å². The number of hydrogen-bond acceptors (Lipinski definition) is 3. The number of cyclic esters (lactones) is 1. The van der Waals surface area contributed by atoms with Crippen LogP contribution < -0.4 is 0 Å². The predicted molar refractivity (Wildman–Crippen MR) is 63.5 cm³/mol. The lowest BCUT2D eigenvalue weighted by molar-refractivity contribution is -0.145. The second kappa shape index (κ2) is 7.09. The minimum atomic E-state index is -0.921. The summed E-state index contributed by atoms with van der Waals surface area (Å²) in [5, 5.41) is 9.07. The first-order valence-corrected chi connectivity index (χ1v) is 6.25. The van der Waals surface area contributed by atoms with Crippen molar-refractivity contribution in [2.45, 2.75) is 45.4 Å². The highest BCUT2D eigenvalue weighted by Gasteiger charge is 2.22. The van der Waals surface area contributed by atoms with Crippen molar-refractivity contribution in [3.63, 3.8) is 0 Å². The Hall–Kier alpha value is -1.32. The molecular weight excluding hydrogens is 220 g/mol. The number of aliphatic carboxylic acids is 1. The average molecular weight is 240 g/mol. The van der Waals surface area contributed by atoms with Gasteiger partial charge in [0.2, 0.25) is 0 Å². The third kappa shape index (κ3) is 4.59. The fourth-order valence-electron chi connectivity index (χ4n) is 1.89. The zero-order valence-corrected chi connectivity index (χ0v) is 10.3. The Morgan fingerprint density at radius 2 is 2.29 bits per heavy atom. The Kier molecular flexibility index (Phi) is 5.73. The molecule has 96 valence electrons. The van der Waals surface area contributed by atoms with Gasteiger partial charge in [-0.2, -0.15) is 0 Å². The van der Waals surface area contributed by atoms with Gasteiger partial charge in [0.25, 0.3) is 0 Å². The van der Waals surface area contributed by atoms with Crippen LogP contribution in [-0.4, -0.2) is 23.7 Å². The van der Waals surface area contributed by atoms with Crippen molar-refractivity contribution >= 4 is 11.9 Å². The molecule has 4 heteroatoms. The number of carbonyl (C=O) groups is 2. The van der Waals surface area contributed by atoms with Crippen molar-refractivity contribution in [3.8, 4) is 0 Å². The summed E-state index contributed by atoms with van der Waals surface area (Å²) in [6.45, 7) is 2.47. The van der Waals surface area contributed by atoms with Crippen molar-refractivity contribution < 1.29 is 19.4 Å². The molecule has 1 rings (SSSR count). The summed E-state index contributed by atoms with van der Waals surface area (Å²) in [7, 11) is 0. The molecule has 1 fully saturated rings. The number of carbonyl (C=O) groups excluding carboxylic acids is 1. The Morgan fingerprint density at radius 1 is 1.53 bits per heavy atom. The van der Waals surface area contributed by atoms with E-state index in [0.717, 1.165) is 25.7 Å². The van der Waals surface area contributed by atoms with Gasteiger partial charge < -0.3 is 9.84 Å². The summed E-state index contributed by atoms with van der Waals surface area (Å²) >= 11 is 0. The van der Waals surface area contributed by atoms with E-state index in [9.17, 15) is 9.59 Å². The quantitative estimate of drug-likeness (QED) is 0.592. The highest BCUT2D eigenvalue weighted by Crippen LogP contribution is 2.20. The average Bonchev–Trinajstić information content (AvgIpc) is 2.49. The fourth-order valence-corrected chi connectivity index (χ4v) is 1.89. The molecule has 1 aliphatic heterocycles. The molecule has 0 spiro atoms. The van der Waals surface area contributed by atoms with Gasteiger partial charge in [0.15, 0.2) is 0 Å². The molecule has 0 radical (unpaired) electrons. The third-order valence-corrected chi connectivity index (χ3v) is 2.93. The second-order valence-electron chi connectivity index (χ2n) is 4.37. The maximum absolute atomic E-state index is 11.6. The molecule has 0 aromatic rings. The van der Waals surface area contributed by atoms with Crippen LogP contribution in [0, 0.1) is 5.92 Å². The molecule has 0 saturated carbocycles. The standard InChI is InChI=1S/C13H20O4/c1-2-3-6-10(12(14)15)9-11-7-4-5-8-17-13(11)16/h9,11H,2-8H2,1H3,(H,14,15). The van der Waals surface area contributed by atoms with Crippen LogP contribution in [0.2, 0.25) is 0 Å². The number of hydrogen-bond donors (Lipinski definition) is 1. The van der Waals surface area contributed by atoms with Crippen molar-refractivity contribution in [2.24, 2.45) is 5.92 Å². The number of esters is 1. The van der Waals surface area contributed by atoms with Crippen LogP contribution in [0.5, 0.6) is 0 Å². The van der Waals surface area contributed by atoms with E-state index in [4.69, 9.17) is 9.84 Å². The summed E-state index contributed by atoms with van der Waals surface area (Å²) in [4.78, 5) is 22.6. The second-order valence-corrected chi connectivity index (χ2v) is 4.37. The Labute approximate surface area is 102 Å². The van der Waals surface area contributed by atoms with Gasteiger partial charge in [0.1, 0.15) is 0 Å². The van der Waals surface area contributed by atoms with Gasteiger partial charge in [-0.15, -0.1) is 0 Å². The Morgan fingerprint density at radius 3 is 2.94 bits per heavy atom. The van der Waals surface area contributed by atoms with E-state index in [0.29, 0.717) is 25.0 Å². The summed E-state index contributed by atoms with van der Waals surface area (Å²) < 4.78 is 5.02. The molecule has 17 heavy (non-hydrogen) atoms. The van der Waals surface area contributed by atoms with E-state index in [2.05, 4.69) is 0 Å². The summed E-state index contributed by atoms with van der Waals surface area (Å²) in [6, 6.07) is 0. The SMILES string of the molecule is CCCCC(=CC1CCCCOC1=O)C(=O)O. The molecule has 4 nitrogen and oxygen atoms in total. The van der Waals surface area contributed by atoms with Gasteiger partial charge in [-0.1, -0.05) is 19.4 Å². The number of carboxylic acid groups (broad SMARTS) is 1. The number of rotatable bonds is 5.